The number of phosphoric acid groups is 1. The predicted octanol–water partition coefficient (Wildman–Crippen LogP) is -3.78. The molecule has 11 heteroatoms. The molecule has 4 atom stereocenters. The Morgan fingerprint density at radius 3 is 2.24 bits per heavy atom. The SMILES string of the molecule is O=P(O)(O)OC[C@H]1O[C@@H](O)C(O)(O)[C@@H](O)[C@@H]1O. The first-order chi connectivity index (χ1) is 7.55. The van der Waals surface area contributed by atoms with Crippen LogP contribution in [0.3, 0.4) is 0 Å². The summed E-state index contributed by atoms with van der Waals surface area (Å²) < 4.78 is 18.8. The number of aliphatic hydroxyl groups is 5. The fourth-order valence-electron chi connectivity index (χ4n) is 1.26. The highest BCUT2D eigenvalue weighted by Gasteiger charge is 2.53. The standard InChI is InChI=1S/C6H13O10P/c7-3-2(1-15-17(12,13)14)16-5(9)6(10,11)4(3)8/h2-5,7-11H,1H2,(H2,12,13,14)/t2-,3-,4+,5-/m1/s1. The van der Waals surface area contributed by atoms with Crippen molar-refractivity contribution >= 4 is 7.82 Å². The van der Waals surface area contributed by atoms with Crippen LogP contribution in [-0.2, 0) is 13.8 Å². The average molecular weight is 276 g/mol. The van der Waals surface area contributed by atoms with Crippen molar-refractivity contribution in [3.63, 3.8) is 0 Å². The number of hydrogen-bond acceptors (Lipinski definition) is 8. The second kappa shape index (κ2) is 4.86. The zero-order chi connectivity index (χ0) is 13.4. The van der Waals surface area contributed by atoms with Crippen molar-refractivity contribution in [2.24, 2.45) is 0 Å². The van der Waals surface area contributed by atoms with Gasteiger partial charge in [-0.15, -0.1) is 0 Å². The van der Waals surface area contributed by atoms with E-state index in [1.165, 1.54) is 0 Å². The van der Waals surface area contributed by atoms with Gasteiger partial charge in [0, 0.05) is 0 Å². The van der Waals surface area contributed by atoms with E-state index < -0.39 is 44.8 Å². The monoisotopic (exact) mass is 276 g/mol. The highest BCUT2D eigenvalue weighted by molar-refractivity contribution is 7.46. The number of phosphoric ester groups is 1. The van der Waals surface area contributed by atoms with Gasteiger partial charge in [0.2, 0.25) is 12.1 Å². The summed E-state index contributed by atoms with van der Waals surface area (Å²) >= 11 is 0. The Kier molecular flexibility index (Phi) is 4.27. The Morgan fingerprint density at radius 2 is 1.76 bits per heavy atom. The van der Waals surface area contributed by atoms with Gasteiger partial charge in [-0.1, -0.05) is 0 Å². The number of rotatable bonds is 3. The number of hydrogen-bond donors (Lipinski definition) is 7. The second-order valence-corrected chi connectivity index (χ2v) is 4.77. The largest absolute Gasteiger partial charge is 0.469 e. The molecule has 0 radical (unpaired) electrons. The minimum atomic E-state index is -4.81. The van der Waals surface area contributed by atoms with Crippen LogP contribution in [0, 0.1) is 0 Å². The van der Waals surface area contributed by atoms with Crippen LogP contribution in [-0.4, -0.2) is 72.3 Å². The molecule has 1 aliphatic rings. The van der Waals surface area contributed by atoms with Gasteiger partial charge in [-0.3, -0.25) is 4.52 Å². The van der Waals surface area contributed by atoms with Crippen LogP contribution in [0.5, 0.6) is 0 Å². The molecule has 0 saturated carbocycles. The molecule has 1 heterocycles. The third-order valence-electron chi connectivity index (χ3n) is 2.21. The third kappa shape index (κ3) is 3.42. The minimum Gasteiger partial charge on any atom is -0.387 e. The van der Waals surface area contributed by atoms with E-state index in [1.807, 2.05) is 0 Å². The Hall–Kier alpha value is -0.130. The molecule has 1 rings (SSSR count). The molecular formula is C6H13O10P. The molecule has 0 aromatic rings. The summed E-state index contributed by atoms with van der Waals surface area (Å²) in [6.45, 7) is -0.852. The van der Waals surface area contributed by atoms with E-state index in [4.69, 9.17) is 25.1 Å². The predicted molar refractivity (Wildman–Crippen MR) is 48.1 cm³/mol. The molecule has 1 fully saturated rings. The van der Waals surface area contributed by atoms with Crippen LogP contribution >= 0.6 is 7.82 Å². The molecule has 0 aromatic heterocycles. The number of aliphatic hydroxyl groups excluding tert-OH is 3. The van der Waals surface area contributed by atoms with Crippen LogP contribution in [0.15, 0.2) is 0 Å². The molecule has 0 aromatic carbocycles. The molecular weight excluding hydrogens is 263 g/mol. The summed E-state index contributed by atoms with van der Waals surface area (Å²) in [4.78, 5) is 16.8. The van der Waals surface area contributed by atoms with Gasteiger partial charge in [-0.05, 0) is 0 Å². The Bertz CT molecular complexity index is 312. The van der Waals surface area contributed by atoms with Gasteiger partial charge in [0.05, 0.1) is 6.61 Å². The van der Waals surface area contributed by atoms with E-state index in [9.17, 15) is 14.8 Å². The molecule has 102 valence electrons. The lowest BCUT2D eigenvalue weighted by atomic mass is 9.96. The molecule has 7 N–H and O–H groups in total. The Morgan fingerprint density at radius 1 is 1.24 bits per heavy atom. The summed E-state index contributed by atoms with van der Waals surface area (Å²) in [7, 11) is -4.81. The minimum absolute atomic E-state index is 0.852. The quantitative estimate of drug-likeness (QED) is 0.200. The normalized spacial score (nSPS) is 38.1. The lowest BCUT2D eigenvalue weighted by Crippen LogP contribution is -2.66. The number of ether oxygens (including phenoxy) is 1. The van der Waals surface area contributed by atoms with E-state index in [-0.39, 0.29) is 0 Å². The summed E-state index contributed by atoms with van der Waals surface area (Å²) in [5.74, 6) is -3.09. The Labute approximate surface area is 94.9 Å². The molecule has 0 aliphatic carbocycles. The maximum absolute atomic E-state index is 10.4. The molecule has 0 amide bonds. The van der Waals surface area contributed by atoms with Crippen molar-refractivity contribution in [3.8, 4) is 0 Å². The lowest BCUT2D eigenvalue weighted by molar-refractivity contribution is -0.395. The Balaban J connectivity index is 2.68. The van der Waals surface area contributed by atoms with Crippen molar-refractivity contribution in [1.82, 2.24) is 0 Å². The van der Waals surface area contributed by atoms with Crippen molar-refractivity contribution in [3.05, 3.63) is 0 Å². The summed E-state index contributed by atoms with van der Waals surface area (Å²) in [6, 6.07) is 0. The molecule has 17 heavy (non-hydrogen) atoms. The zero-order valence-electron chi connectivity index (χ0n) is 8.32. The maximum Gasteiger partial charge on any atom is 0.469 e. The molecule has 0 unspecified atom stereocenters. The molecule has 0 bridgehead atoms. The van der Waals surface area contributed by atoms with Gasteiger partial charge >= 0.3 is 7.82 Å². The van der Waals surface area contributed by atoms with Gasteiger partial charge in [-0.2, -0.15) is 0 Å². The molecule has 10 nitrogen and oxygen atoms in total. The van der Waals surface area contributed by atoms with Crippen LogP contribution in [0.1, 0.15) is 0 Å². The molecule has 1 saturated heterocycles. The summed E-state index contributed by atoms with van der Waals surface area (Å²) in [5.41, 5.74) is 0. The topological polar surface area (TPSA) is 177 Å². The highest BCUT2D eigenvalue weighted by atomic mass is 31.2. The van der Waals surface area contributed by atoms with Crippen molar-refractivity contribution in [2.75, 3.05) is 6.61 Å². The fourth-order valence-corrected chi connectivity index (χ4v) is 1.60. The first kappa shape index (κ1) is 14.9. The van der Waals surface area contributed by atoms with Crippen LogP contribution in [0.2, 0.25) is 0 Å². The summed E-state index contributed by atoms with van der Waals surface area (Å²) in [6.07, 6.45) is -7.87. The first-order valence-corrected chi connectivity index (χ1v) is 5.93. The van der Waals surface area contributed by atoms with Gasteiger partial charge in [0.25, 0.3) is 0 Å². The van der Waals surface area contributed by atoms with E-state index in [0.717, 1.165) is 0 Å². The summed E-state index contributed by atoms with van der Waals surface area (Å²) in [5, 5.41) is 45.9. The van der Waals surface area contributed by atoms with E-state index in [1.54, 1.807) is 0 Å². The maximum atomic E-state index is 10.4. The van der Waals surface area contributed by atoms with Crippen molar-refractivity contribution < 1.29 is 49.1 Å². The van der Waals surface area contributed by atoms with Gasteiger partial charge in [-0.25, -0.2) is 4.57 Å². The van der Waals surface area contributed by atoms with Crippen LogP contribution in [0.25, 0.3) is 0 Å². The average Bonchev–Trinajstić information content (AvgIpc) is 2.18. The third-order valence-corrected chi connectivity index (χ3v) is 2.70. The second-order valence-electron chi connectivity index (χ2n) is 3.53. The first-order valence-electron chi connectivity index (χ1n) is 4.40. The fraction of sp³-hybridized carbons (Fsp3) is 1.00. The van der Waals surface area contributed by atoms with Gasteiger partial charge in [0.1, 0.15) is 18.3 Å². The van der Waals surface area contributed by atoms with E-state index in [0.29, 0.717) is 0 Å². The van der Waals surface area contributed by atoms with Gasteiger partial charge < -0.3 is 40.1 Å². The highest BCUT2D eigenvalue weighted by Crippen LogP contribution is 2.37. The zero-order valence-corrected chi connectivity index (χ0v) is 9.21. The smallest absolute Gasteiger partial charge is 0.387 e. The van der Waals surface area contributed by atoms with Crippen LogP contribution in [0.4, 0.5) is 0 Å². The van der Waals surface area contributed by atoms with E-state index in [2.05, 4.69) is 9.26 Å². The van der Waals surface area contributed by atoms with Crippen LogP contribution < -0.4 is 0 Å². The molecule has 0 spiro atoms. The lowest BCUT2D eigenvalue weighted by Gasteiger charge is -2.42. The van der Waals surface area contributed by atoms with E-state index >= 15 is 0 Å². The van der Waals surface area contributed by atoms with Crippen molar-refractivity contribution in [2.45, 2.75) is 30.4 Å². The molecule has 1 aliphatic heterocycles. The van der Waals surface area contributed by atoms with Crippen molar-refractivity contribution in [1.29, 1.82) is 0 Å². The van der Waals surface area contributed by atoms with Gasteiger partial charge in [0.15, 0.2) is 0 Å².